The molecule has 1 aromatic heterocycles. The van der Waals surface area contributed by atoms with Gasteiger partial charge in [0.2, 0.25) is 0 Å². The number of anilines is 1. The summed E-state index contributed by atoms with van der Waals surface area (Å²) in [6, 6.07) is 17.6. The number of hydrogen-bond acceptors (Lipinski definition) is 4. The van der Waals surface area contributed by atoms with Crippen molar-refractivity contribution in [3.63, 3.8) is 0 Å². The van der Waals surface area contributed by atoms with Crippen LogP contribution < -0.4 is 9.60 Å². The van der Waals surface area contributed by atoms with E-state index in [0.29, 0.717) is 16.8 Å². The van der Waals surface area contributed by atoms with Crippen LogP contribution in [0.2, 0.25) is 5.02 Å². The van der Waals surface area contributed by atoms with E-state index < -0.39 is 15.8 Å². The second-order valence-corrected chi connectivity index (χ2v) is 9.39. The van der Waals surface area contributed by atoms with Crippen LogP contribution in [0.4, 0.5) is 10.1 Å². The summed E-state index contributed by atoms with van der Waals surface area (Å²) in [6.45, 7) is 0.401. The van der Waals surface area contributed by atoms with Gasteiger partial charge in [-0.2, -0.15) is 0 Å². The lowest BCUT2D eigenvalue weighted by Crippen LogP contribution is -2.14. The van der Waals surface area contributed by atoms with E-state index in [0.717, 1.165) is 23.0 Å². The van der Waals surface area contributed by atoms with E-state index in [-0.39, 0.29) is 20.5 Å². The lowest BCUT2D eigenvalue weighted by Gasteiger charge is -2.09. The number of halogens is 2. The van der Waals surface area contributed by atoms with Crippen LogP contribution in [-0.4, -0.2) is 13.0 Å². The minimum Gasteiger partial charge on any atom is -0.294 e. The summed E-state index contributed by atoms with van der Waals surface area (Å²) in [6.07, 6.45) is 0. The van der Waals surface area contributed by atoms with Crippen molar-refractivity contribution in [2.24, 2.45) is 0 Å². The van der Waals surface area contributed by atoms with Crippen LogP contribution in [0, 0.1) is 5.82 Å². The molecule has 0 atom stereocenters. The summed E-state index contributed by atoms with van der Waals surface area (Å²) < 4.78 is 43.2. The van der Waals surface area contributed by atoms with Gasteiger partial charge in [-0.1, -0.05) is 53.3 Å². The SMILES string of the molecule is O=c1sc2cc(S(=O)(=O)Nc3ccc(F)c(Cl)c3)ccc2n1Cc1ccccc1. The molecule has 0 spiro atoms. The molecule has 0 bridgehead atoms. The zero-order chi connectivity index (χ0) is 20.6. The Bertz CT molecular complexity index is 1370. The molecule has 0 aliphatic heterocycles. The molecule has 148 valence electrons. The third-order valence-electron chi connectivity index (χ3n) is 4.31. The highest BCUT2D eigenvalue weighted by atomic mass is 35.5. The van der Waals surface area contributed by atoms with Crippen molar-refractivity contribution in [1.82, 2.24) is 4.57 Å². The average Bonchev–Trinajstić information content (AvgIpc) is 3.00. The molecule has 0 unspecified atom stereocenters. The van der Waals surface area contributed by atoms with Gasteiger partial charge in [0, 0.05) is 0 Å². The van der Waals surface area contributed by atoms with Crippen LogP contribution >= 0.6 is 22.9 Å². The fraction of sp³-hybridized carbons (Fsp3) is 0.0500. The maximum Gasteiger partial charge on any atom is 0.308 e. The van der Waals surface area contributed by atoms with Crippen molar-refractivity contribution >= 4 is 48.9 Å². The zero-order valence-electron chi connectivity index (χ0n) is 14.8. The monoisotopic (exact) mass is 448 g/mol. The molecular formula is C20H14ClFN2O3S2. The third kappa shape index (κ3) is 4.05. The Morgan fingerprint density at radius 1 is 1.03 bits per heavy atom. The fourth-order valence-corrected chi connectivity index (χ4v) is 5.16. The number of nitrogens with zero attached hydrogens (tertiary/aromatic N) is 1. The summed E-state index contributed by atoms with van der Waals surface area (Å²) in [4.78, 5) is 12.3. The molecule has 0 saturated carbocycles. The first-order chi connectivity index (χ1) is 13.8. The molecular weight excluding hydrogens is 435 g/mol. The predicted molar refractivity (Wildman–Crippen MR) is 114 cm³/mol. The van der Waals surface area contributed by atoms with Crippen molar-refractivity contribution in [3.05, 3.63) is 92.8 Å². The quantitative estimate of drug-likeness (QED) is 0.481. The van der Waals surface area contributed by atoms with Crippen molar-refractivity contribution in [3.8, 4) is 0 Å². The van der Waals surface area contributed by atoms with Crippen LogP contribution in [0.5, 0.6) is 0 Å². The third-order valence-corrected chi connectivity index (χ3v) is 6.92. The van der Waals surface area contributed by atoms with E-state index in [9.17, 15) is 17.6 Å². The lowest BCUT2D eigenvalue weighted by molar-refractivity contribution is 0.601. The zero-order valence-corrected chi connectivity index (χ0v) is 17.2. The number of benzene rings is 3. The van der Waals surface area contributed by atoms with Gasteiger partial charge in [-0.15, -0.1) is 0 Å². The van der Waals surface area contributed by atoms with Crippen molar-refractivity contribution in [1.29, 1.82) is 0 Å². The topological polar surface area (TPSA) is 68.2 Å². The van der Waals surface area contributed by atoms with Gasteiger partial charge in [-0.05, 0) is 42.0 Å². The highest BCUT2D eigenvalue weighted by Gasteiger charge is 2.18. The Labute approximate surface area is 175 Å². The number of aromatic nitrogens is 1. The first kappa shape index (κ1) is 19.6. The molecule has 0 amide bonds. The van der Waals surface area contributed by atoms with Gasteiger partial charge in [-0.25, -0.2) is 12.8 Å². The Morgan fingerprint density at radius 2 is 1.79 bits per heavy atom. The molecule has 0 saturated heterocycles. The van der Waals surface area contributed by atoms with Gasteiger partial charge >= 0.3 is 4.87 Å². The molecule has 1 heterocycles. The van der Waals surface area contributed by atoms with E-state index >= 15 is 0 Å². The van der Waals surface area contributed by atoms with E-state index in [1.54, 1.807) is 10.6 Å². The summed E-state index contributed by atoms with van der Waals surface area (Å²) >= 11 is 6.69. The van der Waals surface area contributed by atoms with Crippen molar-refractivity contribution in [2.75, 3.05) is 4.72 Å². The second kappa shape index (κ2) is 7.62. The minimum absolute atomic E-state index is 0.00133. The highest BCUT2D eigenvalue weighted by molar-refractivity contribution is 7.92. The Morgan fingerprint density at radius 3 is 2.52 bits per heavy atom. The maximum atomic E-state index is 13.3. The number of thiazole rings is 1. The van der Waals surface area contributed by atoms with Crippen LogP contribution in [0.15, 0.2) is 76.4 Å². The summed E-state index contributed by atoms with van der Waals surface area (Å²) in [5.41, 5.74) is 1.78. The molecule has 4 aromatic rings. The van der Waals surface area contributed by atoms with E-state index in [1.807, 2.05) is 30.3 Å². The molecule has 9 heteroatoms. The maximum absolute atomic E-state index is 13.3. The highest BCUT2D eigenvalue weighted by Crippen LogP contribution is 2.25. The van der Waals surface area contributed by atoms with Crippen LogP contribution in [-0.2, 0) is 16.6 Å². The molecule has 0 fully saturated rings. The molecule has 0 aliphatic rings. The van der Waals surface area contributed by atoms with Crippen LogP contribution in [0.25, 0.3) is 10.2 Å². The van der Waals surface area contributed by atoms with E-state index in [1.165, 1.54) is 24.3 Å². The van der Waals surface area contributed by atoms with Gasteiger partial charge in [0.15, 0.2) is 0 Å². The average molecular weight is 449 g/mol. The molecule has 0 radical (unpaired) electrons. The molecule has 0 aliphatic carbocycles. The van der Waals surface area contributed by atoms with Crippen molar-refractivity contribution < 1.29 is 12.8 Å². The Kier molecular flexibility index (Phi) is 5.16. The molecule has 1 N–H and O–H groups in total. The van der Waals surface area contributed by atoms with Gasteiger partial charge in [0.05, 0.1) is 32.4 Å². The molecule has 29 heavy (non-hydrogen) atoms. The number of rotatable bonds is 5. The Hall–Kier alpha value is -2.68. The Balaban J connectivity index is 1.68. The van der Waals surface area contributed by atoms with E-state index in [4.69, 9.17) is 11.6 Å². The van der Waals surface area contributed by atoms with Gasteiger partial charge < -0.3 is 0 Å². The number of nitrogens with one attached hydrogen (secondary N) is 1. The predicted octanol–water partition coefficient (Wildman–Crippen LogP) is 4.70. The fourth-order valence-electron chi connectivity index (χ4n) is 2.90. The lowest BCUT2D eigenvalue weighted by atomic mass is 10.2. The van der Waals surface area contributed by atoms with Gasteiger partial charge in [-0.3, -0.25) is 14.1 Å². The number of sulfonamides is 1. The minimum atomic E-state index is -3.93. The largest absolute Gasteiger partial charge is 0.308 e. The van der Waals surface area contributed by atoms with Gasteiger partial charge in [0.25, 0.3) is 10.0 Å². The smallest absolute Gasteiger partial charge is 0.294 e. The number of hydrogen-bond donors (Lipinski definition) is 1. The van der Waals surface area contributed by atoms with Gasteiger partial charge in [0.1, 0.15) is 5.82 Å². The summed E-state index contributed by atoms with van der Waals surface area (Å²) in [5, 5.41) is -0.183. The number of fused-ring (bicyclic) bond motifs is 1. The molecule has 4 rings (SSSR count). The summed E-state index contributed by atoms with van der Waals surface area (Å²) in [7, 11) is -3.93. The summed E-state index contributed by atoms with van der Waals surface area (Å²) in [5.74, 6) is -0.638. The van der Waals surface area contributed by atoms with Crippen molar-refractivity contribution in [2.45, 2.75) is 11.4 Å². The van der Waals surface area contributed by atoms with Crippen LogP contribution in [0.1, 0.15) is 5.56 Å². The standard InChI is InChI=1S/C20H14ClFN2O3S2/c21-16-10-14(6-8-17(16)22)23-29(26,27)15-7-9-18-19(11-15)28-20(25)24(18)12-13-4-2-1-3-5-13/h1-11,23H,12H2. The molecule has 5 nitrogen and oxygen atoms in total. The van der Waals surface area contributed by atoms with E-state index in [2.05, 4.69) is 4.72 Å². The normalized spacial score (nSPS) is 11.7. The second-order valence-electron chi connectivity index (χ2n) is 6.30. The first-order valence-electron chi connectivity index (χ1n) is 8.49. The molecule has 3 aromatic carbocycles. The first-order valence-corrected chi connectivity index (χ1v) is 11.2. The van der Waals surface area contributed by atoms with Crippen LogP contribution in [0.3, 0.4) is 0 Å².